The summed E-state index contributed by atoms with van der Waals surface area (Å²) in [6.45, 7) is 8.55. The first-order valence-corrected chi connectivity index (χ1v) is 9.16. The molecule has 1 aliphatic heterocycles. The van der Waals surface area contributed by atoms with Gasteiger partial charge in [-0.05, 0) is 18.1 Å². The van der Waals surface area contributed by atoms with Gasteiger partial charge in [0.25, 0.3) is 0 Å². The number of thiazole rings is 1. The van der Waals surface area contributed by atoms with Crippen LogP contribution in [0.5, 0.6) is 0 Å². The van der Waals surface area contributed by atoms with Crippen LogP contribution in [-0.4, -0.2) is 54.8 Å². The molecule has 0 spiro atoms. The Labute approximate surface area is 146 Å². The number of benzene rings is 1. The average molecular weight is 348 g/mol. The van der Waals surface area contributed by atoms with Crippen LogP contribution in [0.1, 0.15) is 13.8 Å². The van der Waals surface area contributed by atoms with Crippen molar-refractivity contribution in [1.29, 1.82) is 0 Å². The number of amides is 2. The molecule has 0 saturated carbocycles. The number of hydrogen-bond acceptors (Lipinski definition) is 5. The normalized spacial score (nSPS) is 18.9. The number of para-hydroxylation sites is 1. The molecule has 24 heavy (non-hydrogen) atoms. The third-order valence-corrected chi connectivity index (χ3v) is 4.80. The molecule has 0 bridgehead atoms. The molecule has 1 fully saturated rings. The second kappa shape index (κ2) is 7.92. The van der Waals surface area contributed by atoms with E-state index in [0.717, 1.165) is 36.5 Å². The number of carbonyl (C=O) groups excluding carboxylic acids is 1. The van der Waals surface area contributed by atoms with Crippen LogP contribution >= 0.6 is 11.3 Å². The standard InChI is InChI=1S/C17H24N4O2S/c1-12(2)10-21-7-8-23-13(11-21)9-18-16(22)20-17-19-14-5-3-4-6-15(14)24-17/h3-6,12-13H,7-11H2,1-2H3,(H2,18,19,20,22). The van der Waals surface area contributed by atoms with Crippen LogP contribution in [0, 0.1) is 5.92 Å². The molecular formula is C17H24N4O2S. The van der Waals surface area contributed by atoms with E-state index in [-0.39, 0.29) is 12.1 Å². The minimum atomic E-state index is -0.237. The number of nitrogens with zero attached hydrogens (tertiary/aromatic N) is 2. The van der Waals surface area contributed by atoms with Crippen LogP contribution in [0.2, 0.25) is 0 Å². The van der Waals surface area contributed by atoms with Crippen LogP contribution in [0.15, 0.2) is 24.3 Å². The predicted octanol–water partition coefficient (Wildman–Crippen LogP) is 2.77. The van der Waals surface area contributed by atoms with Crippen LogP contribution < -0.4 is 10.6 Å². The van der Waals surface area contributed by atoms with Crippen molar-refractivity contribution in [3.8, 4) is 0 Å². The van der Waals surface area contributed by atoms with Crippen LogP contribution in [0.3, 0.4) is 0 Å². The van der Waals surface area contributed by atoms with E-state index in [1.165, 1.54) is 11.3 Å². The molecule has 7 heteroatoms. The second-order valence-corrected chi connectivity index (χ2v) is 7.50. The van der Waals surface area contributed by atoms with Gasteiger partial charge in [-0.15, -0.1) is 0 Å². The third kappa shape index (κ3) is 4.66. The lowest BCUT2D eigenvalue weighted by atomic mass is 10.2. The molecule has 0 aliphatic carbocycles. The first-order valence-electron chi connectivity index (χ1n) is 8.34. The van der Waals surface area contributed by atoms with Gasteiger partial charge >= 0.3 is 6.03 Å². The fourth-order valence-corrected chi connectivity index (χ4v) is 3.72. The van der Waals surface area contributed by atoms with Gasteiger partial charge in [0, 0.05) is 26.2 Å². The molecule has 3 rings (SSSR count). The first-order chi connectivity index (χ1) is 11.6. The van der Waals surface area contributed by atoms with Crippen molar-refractivity contribution in [1.82, 2.24) is 15.2 Å². The van der Waals surface area contributed by atoms with Crippen molar-refractivity contribution < 1.29 is 9.53 Å². The van der Waals surface area contributed by atoms with Crippen LogP contribution in [0.4, 0.5) is 9.93 Å². The largest absolute Gasteiger partial charge is 0.374 e. The van der Waals surface area contributed by atoms with E-state index in [9.17, 15) is 4.79 Å². The van der Waals surface area contributed by atoms with Crippen molar-refractivity contribution in [2.45, 2.75) is 20.0 Å². The molecule has 1 unspecified atom stereocenters. The number of rotatable bonds is 5. The molecule has 1 atom stereocenters. The van der Waals surface area contributed by atoms with Gasteiger partial charge in [0.2, 0.25) is 0 Å². The molecule has 0 radical (unpaired) electrons. The molecule has 1 aromatic carbocycles. The Balaban J connectivity index is 1.46. The van der Waals surface area contributed by atoms with E-state index in [1.807, 2.05) is 24.3 Å². The van der Waals surface area contributed by atoms with Crippen LogP contribution in [-0.2, 0) is 4.74 Å². The van der Waals surface area contributed by atoms with Crippen molar-refractivity contribution in [2.24, 2.45) is 5.92 Å². The Bertz CT molecular complexity index is 655. The maximum Gasteiger partial charge on any atom is 0.321 e. The number of urea groups is 1. The maximum absolute atomic E-state index is 12.1. The number of nitrogens with one attached hydrogen (secondary N) is 2. The highest BCUT2D eigenvalue weighted by atomic mass is 32.1. The van der Waals surface area contributed by atoms with Crippen molar-refractivity contribution in [2.75, 3.05) is 38.1 Å². The van der Waals surface area contributed by atoms with Crippen molar-refractivity contribution >= 4 is 32.7 Å². The minimum absolute atomic E-state index is 0.0404. The lowest BCUT2D eigenvalue weighted by molar-refractivity contribution is -0.0288. The average Bonchev–Trinajstić information content (AvgIpc) is 2.95. The predicted molar refractivity (Wildman–Crippen MR) is 97.7 cm³/mol. The third-order valence-electron chi connectivity index (χ3n) is 3.85. The Morgan fingerprint density at radius 1 is 1.46 bits per heavy atom. The monoisotopic (exact) mass is 348 g/mol. The van der Waals surface area contributed by atoms with Gasteiger partial charge in [-0.3, -0.25) is 10.2 Å². The van der Waals surface area contributed by atoms with E-state index >= 15 is 0 Å². The molecule has 2 aromatic rings. The lowest BCUT2D eigenvalue weighted by Crippen LogP contribution is -2.48. The molecule has 1 aromatic heterocycles. The number of hydrogen-bond donors (Lipinski definition) is 2. The van der Waals surface area contributed by atoms with E-state index in [0.29, 0.717) is 17.6 Å². The van der Waals surface area contributed by atoms with Crippen LogP contribution in [0.25, 0.3) is 10.2 Å². The number of ether oxygens (including phenoxy) is 1. The van der Waals surface area contributed by atoms with Gasteiger partial charge in [-0.25, -0.2) is 9.78 Å². The Morgan fingerprint density at radius 3 is 3.08 bits per heavy atom. The second-order valence-electron chi connectivity index (χ2n) is 6.47. The summed E-state index contributed by atoms with van der Waals surface area (Å²) >= 11 is 1.47. The fraction of sp³-hybridized carbons (Fsp3) is 0.529. The SMILES string of the molecule is CC(C)CN1CCOC(CNC(=O)Nc2nc3ccccc3s2)C1. The summed E-state index contributed by atoms with van der Waals surface area (Å²) in [5.74, 6) is 0.638. The molecule has 2 N–H and O–H groups in total. The fourth-order valence-electron chi connectivity index (χ4n) is 2.86. The summed E-state index contributed by atoms with van der Waals surface area (Å²) in [6.07, 6.45) is 0.0404. The van der Waals surface area contributed by atoms with Crippen molar-refractivity contribution in [3.05, 3.63) is 24.3 Å². The lowest BCUT2D eigenvalue weighted by Gasteiger charge is -2.33. The quantitative estimate of drug-likeness (QED) is 0.872. The van der Waals surface area contributed by atoms with Gasteiger partial charge in [0.05, 0.1) is 22.9 Å². The number of fused-ring (bicyclic) bond motifs is 1. The van der Waals surface area contributed by atoms with Gasteiger partial charge < -0.3 is 10.1 Å². The molecule has 6 nitrogen and oxygen atoms in total. The Kier molecular flexibility index (Phi) is 5.65. The van der Waals surface area contributed by atoms with Gasteiger partial charge in [-0.1, -0.05) is 37.3 Å². The summed E-state index contributed by atoms with van der Waals surface area (Å²) in [6, 6.07) is 7.60. The Hall–Kier alpha value is -1.70. The highest BCUT2D eigenvalue weighted by Gasteiger charge is 2.21. The molecule has 130 valence electrons. The van der Waals surface area contributed by atoms with E-state index < -0.39 is 0 Å². The summed E-state index contributed by atoms with van der Waals surface area (Å²) in [5.41, 5.74) is 0.901. The summed E-state index contributed by atoms with van der Waals surface area (Å²) in [5, 5.41) is 6.30. The molecule has 1 aliphatic rings. The van der Waals surface area contributed by atoms with E-state index in [2.05, 4.69) is 34.4 Å². The number of aromatic nitrogens is 1. The zero-order chi connectivity index (χ0) is 16.9. The van der Waals surface area contributed by atoms with Gasteiger partial charge in [-0.2, -0.15) is 0 Å². The van der Waals surface area contributed by atoms with Gasteiger partial charge in [0.15, 0.2) is 5.13 Å². The minimum Gasteiger partial charge on any atom is -0.374 e. The summed E-state index contributed by atoms with van der Waals surface area (Å²) in [7, 11) is 0. The highest BCUT2D eigenvalue weighted by molar-refractivity contribution is 7.22. The zero-order valence-corrected chi connectivity index (χ0v) is 14.9. The molecule has 1 saturated heterocycles. The number of anilines is 1. The number of carbonyl (C=O) groups is 1. The smallest absolute Gasteiger partial charge is 0.321 e. The zero-order valence-electron chi connectivity index (χ0n) is 14.1. The van der Waals surface area contributed by atoms with Gasteiger partial charge in [0.1, 0.15) is 0 Å². The van der Waals surface area contributed by atoms with E-state index in [1.54, 1.807) is 0 Å². The highest BCUT2D eigenvalue weighted by Crippen LogP contribution is 2.25. The topological polar surface area (TPSA) is 66.5 Å². The summed E-state index contributed by atoms with van der Waals surface area (Å²) < 4.78 is 6.80. The van der Waals surface area contributed by atoms with Crippen molar-refractivity contribution in [3.63, 3.8) is 0 Å². The molecule has 2 amide bonds. The molecule has 2 heterocycles. The maximum atomic E-state index is 12.1. The molecular weight excluding hydrogens is 324 g/mol. The summed E-state index contributed by atoms with van der Waals surface area (Å²) in [4.78, 5) is 18.9. The number of morpholine rings is 1. The Morgan fingerprint density at radius 2 is 2.29 bits per heavy atom. The first kappa shape index (κ1) is 17.1. The van der Waals surface area contributed by atoms with E-state index in [4.69, 9.17) is 4.74 Å².